The highest BCUT2D eigenvalue weighted by atomic mass is 16.5. The molecule has 1 heterocycles. The lowest BCUT2D eigenvalue weighted by Crippen LogP contribution is -2.35. The van der Waals surface area contributed by atoms with Crippen LogP contribution in [0.2, 0.25) is 0 Å². The second kappa shape index (κ2) is 5.35. The number of nitrogens with zero attached hydrogens (tertiary/aromatic N) is 1. The van der Waals surface area contributed by atoms with E-state index in [1.54, 1.807) is 0 Å². The van der Waals surface area contributed by atoms with Gasteiger partial charge in [-0.25, -0.2) is 0 Å². The molecule has 0 aliphatic carbocycles. The lowest BCUT2D eigenvalue weighted by Gasteiger charge is -2.30. The Morgan fingerprint density at radius 1 is 1.29 bits per heavy atom. The first-order valence-corrected chi connectivity index (χ1v) is 5.48. The van der Waals surface area contributed by atoms with Crippen molar-refractivity contribution in [2.24, 2.45) is 0 Å². The molecule has 0 spiro atoms. The number of rotatable bonds is 5. The van der Waals surface area contributed by atoms with Crippen molar-refractivity contribution in [3.8, 4) is 0 Å². The van der Waals surface area contributed by atoms with Crippen LogP contribution in [0.4, 0.5) is 0 Å². The molecule has 1 fully saturated rings. The van der Waals surface area contributed by atoms with Gasteiger partial charge in [-0.2, -0.15) is 0 Å². The fourth-order valence-corrected chi connectivity index (χ4v) is 1.80. The number of likely N-dealkylation sites (tertiary alicyclic amines) is 1. The Bertz CT molecular complexity index is 174. The maximum absolute atomic E-state index is 10.2. The summed E-state index contributed by atoms with van der Waals surface area (Å²) < 4.78 is 5.01. The topological polar surface area (TPSA) is 29.5 Å². The third kappa shape index (κ3) is 4.09. The van der Waals surface area contributed by atoms with E-state index >= 15 is 0 Å². The quantitative estimate of drug-likeness (QED) is 0.632. The zero-order valence-electron chi connectivity index (χ0n) is 9.29. The van der Waals surface area contributed by atoms with Crippen LogP contribution in [-0.4, -0.2) is 36.6 Å². The molecule has 0 bridgehead atoms. The second-order valence-electron chi connectivity index (χ2n) is 4.63. The van der Waals surface area contributed by atoms with E-state index in [4.69, 9.17) is 4.74 Å². The monoisotopic (exact) mass is 199 g/mol. The molecule has 82 valence electrons. The van der Waals surface area contributed by atoms with Crippen molar-refractivity contribution in [3.63, 3.8) is 0 Å². The fraction of sp³-hybridized carbons (Fsp3) is 0.909. The molecule has 1 rings (SSSR count). The smallest absolute Gasteiger partial charge is 0.293 e. The third-order valence-corrected chi connectivity index (χ3v) is 2.85. The van der Waals surface area contributed by atoms with Crippen LogP contribution in [0.25, 0.3) is 0 Å². The lowest BCUT2D eigenvalue weighted by molar-refractivity contribution is -0.141. The van der Waals surface area contributed by atoms with Crippen LogP contribution < -0.4 is 0 Å². The van der Waals surface area contributed by atoms with Crippen molar-refractivity contribution >= 4 is 6.47 Å². The molecule has 0 unspecified atom stereocenters. The Morgan fingerprint density at radius 3 is 2.50 bits per heavy atom. The molecule has 0 N–H and O–H groups in total. The van der Waals surface area contributed by atoms with Crippen LogP contribution in [0, 0.1) is 0 Å². The summed E-state index contributed by atoms with van der Waals surface area (Å²) in [5.41, 5.74) is -0.306. The van der Waals surface area contributed by atoms with Crippen LogP contribution in [0.1, 0.15) is 39.5 Å². The van der Waals surface area contributed by atoms with E-state index in [9.17, 15) is 4.79 Å². The summed E-state index contributed by atoms with van der Waals surface area (Å²) in [6.45, 7) is 7.93. The SMILES string of the molecule is CC(C)(CCN1CCCCC1)OC=O. The van der Waals surface area contributed by atoms with Crippen LogP contribution in [0.15, 0.2) is 0 Å². The van der Waals surface area contributed by atoms with E-state index in [0.29, 0.717) is 6.47 Å². The van der Waals surface area contributed by atoms with Crippen molar-refractivity contribution in [1.82, 2.24) is 4.90 Å². The predicted octanol–water partition coefficient (Wildman–Crippen LogP) is 1.81. The van der Waals surface area contributed by atoms with Gasteiger partial charge in [0.25, 0.3) is 6.47 Å². The normalized spacial score (nSPS) is 19.3. The fourth-order valence-electron chi connectivity index (χ4n) is 1.80. The lowest BCUT2D eigenvalue weighted by atomic mass is 10.0. The summed E-state index contributed by atoms with van der Waals surface area (Å²) in [4.78, 5) is 12.7. The molecule has 0 saturated carbocycles. The van der Waals surface area contributed by atoms with E-state index in [-0.39, 0.29) is 5.60 Å². The van der Waals surface area contributed by atoms with Crippen molar-refractivity contribution < 1.29 is 9.53 Å². The van der Waals surface area contributed by atoms with Gasteiger partial charge < -0.3 is 9.64 Å². The van der Waals surface area contributed by atoms with Crippen LogP contribution >= 0.6 is 0 Å². The molecule has 0 radical (unpaired) electrons. The average molecular weight is 199 g/mol. The summed E-state index contributed by atoms with van der Waals surface area (Å²) in [6.07, 6.45) is 4.92. The molecule has 1 aliphatic heterocycles. The molecule has 0 amide bonds. The molecule has 14 heavy (non-hydrogen) atoms. The average Bonchev–Trinajstić information content (AvgIpc) is 2.17. The zero-order chi connectivity index (χ0) is 10.4. The molecular weight excluding hydrogens is 178 g/mol. The molecule has 0 aromatic carbocycles. The van der Waals surface area contributed by atoms with Crippen LogP contribution in [0.3, 0.4) is 0 Å². The molecule has 0 aromatic heterocycles. The van der Waals surface area contributed by atoms with E-state index in [1.165, 1.54) is 32.4 Å². The maximum Gasteiger partial charge on any atom is 0.293 e. The van der Waals surface area contributed by atoms with Gasteiger partial charge in [-0.1, -0.05) is 6.42 Å². The van der Waals surface area contributed by atoms with Crippen molar-refractivity contribution in [1.29, 1.82) is 0 Å². The number of carbonyl (C=O) groups is 1. The molecule has 1 aliphatic rings. The van der Waals surface area contributed by atoms with E-state index in [1.807, 2.05) is 13.8 Å². The van der Waals surface area contributed by atoms with Gasteiger partial charge in [0.05, 0.1) is 0 Å². The highest BCUT2D eigenvalue weighted by Gasteiger charge is 2.20. The number of carbonyl (C=O) groups excluding carboxylic acids is 1. The van der Waals surface area contributed by atoms with Gasteiger partial charge in [0.1, 0.15) is 5.60 Å². The Kier molecular flexibility index (Phi) is 4.39. The van der Waals surface area contributed by atoms with E-state index in [2.05, 4.69) is 4.90 Å². The third-order valence-electron chi connectivity index (χ3n) is 2.85. The Balaban J connectivity index is 2.20. The largest absolute Gasteiger partial charge is 0.462 e. The summed E-state index contributed by atoms with van der Waals surface area (Å²) in [6, 6.07) is 0. The summed E-state index contributed by atoms with van der Waals surface area (Å²) in [5.74, 6) is 0. The first kappa shape index (κ1) is 11.5. The van der Waals surface area contributed by atoms with Gasteiger partial charge in [0, 0.05) is 6.54 Å². The van der Waals surface area contributed by atoms with Gasteiger partial charge in [0.2, 0.25) is 0 Å². The molecule has 3 nitrogen and oxygen atoms in total. The van der Waals surface area contributed by atoms with E-state index < -0.39 is 0 Å². The van der Waals surface area contributed by atoms with Crippen LogP contribution in [-0.2, 0) is 9.53 Å². The predicted molar refractivity (Wildman–Crippen MR) is 56.1 cm³/mol. The highest BCUT2D eigenvalue weighted by Crippen LogP contribution is 2.16. The van der Waals surface area contributed by atoms with Crippen molar-refractivity contribution in [2.75, 3.05) is 19.6 Å². The minimum atomic E-state index is -0.306. The van der Waals surface area contributed by atoms with Gasteiger partial charge in [-0.3, -0.25) is 4.79 Å². The number of piperidine rings is 1. The second-order valence-corrected chi connectivity index (χ2v) is 4.63. The first-order valence-electron chi connectivity index (χ1n) is 5.48. The molecule has 3 heteroatoms. The van der Waals surface area contributed by atoms with Gasteiger partial charge in [0.15, 0.2) is 0 Å². The van der Waals surface area contributed by atoms with Gasteiger partial charge >= 0.3 is 0 Å². The molecule has 1 saturated heterocycles. The summed E-state index contributed by atoms with van der Waals surface area (Å²) >= 11 is 0. The number of hydrogen-bond donors (Lipinski definition) is 0. The van der Waals surface area contributed by atoms with Crippen LogP contribution in [0.5, 0.6) is 0 Å². The van der Waals surface area contributed by atoms with Gasteiger partial charge in [-0.05, 0) is 46.2 Å². The van der Waals surface area contributed by atoms with Crippen molar-refractivity contribution in [3.05, 3.63) is 0 Å². The highest BCUT2D eigenvalue weighted by molar-refractivity contribution is 5.38. The van der Waals surface area contributed by atoms with E-state index in [0.717, 1.165) is 13.0 Å². The molecule has 0 atom stereocenters. The molecule has 0 aromatic rings. The van der Waals surface area contributed by atoms with Gasteiger partial charge in [-0.15, -0.1) is 0 Å². The first-order chi connectivity index (χ1) is 6.64. The molecular formula is C11H21NO2. The standard InChI is InChI=1S/C11H21NO2/c1-11(2,14-10-13)6-9-12-7-4-3-5-8-12/h10H,3-9H2,1-2H3. The summed E-state index contributed by atoms with van der Waals surface area (Å²) in [7, 11) is 0. The van der Waals surface area contributed by atoms with Crippen molar-refractivity contribution in [2.45, 2.75) is 45.1 Å². The minimum Gasteiger partial charge on any atom is -0.462 e. The number of hydrogen-bond acceptors (Lipinski definition) is 3. The Morgan fingerprint density at radius 2 is 1.93 bits per heavy atom. The maximum atomic E-state index is 10.2. The summed E-state index contributed by atoms with van der Waals surface area (Å²) in [5, 5.41) is 0. The Labute approximate surface area is 86.4 Å². The zero-order valence-corrected chi connectivity index (χ0v) is 9.29. The number of ether oxygens (including phenoxy) is 1. The Hall–Kier alpha value is -0.570. The minimum absolute atomic E-state index is 0.306.